The third kappa shape index (κ3) is 4.05. The fourth-order valence-corrected chi connectivity index (χ4v) is 9.25. The number of esters is 1. The van der Waals surface area contributed by atoms with Crippen LogP contribution in [0.25, 0.3) is 0 Å². The fraction of sp³-hybridized carbons (Fsp3) is 0.963. The predicted octanol–water partition coefficient (Wildman–Crippen LogP) is 2.53. The maximum atomic E-state index is 12.6. The van der Waals surface area contributed by atoms with E-state index in [0.29, 0.717) is 17.8 Å². The minimum Gasteiger partial charge on any atom is -0.469 e. The molecule has 0 aromatic rings. The summed E-state index contributed by atoms with van der Waals surface area (Å²) in [5, 5.41) is 30.5. The number of nitrogens with two attached hydrogens (primary N) is 1. The zero-order valence-corrected chi connectivity index (χ0v) is 22.9. The molecule has 0 spiro atoms. The van der Waals surface area contributed by atoms with Crippen molar-refractivity contribution in [2.75, 3.05) is 7.11 Å². The lowest BCUT2D eigenvalue weighted by Gasteiger charge is -2.64. The molecular formula is C27H46ClNO7. The molecule has 1 unspecified atom stereocenters. The smallest absolute Gasteiger partial charge is 0.309 e. The Balaban J connectivity index is 0.00000304. The number of ether oxygens (including phenoxy) is 3. The molecule has 1 saturated heterocycles. The van der Waals surface area contributed by atoms with Gasteiger partial charge in [0.1, 0.15) is 18.3 Å². The van der Waals surface area contributed by atoms with Crippen LogP contribution in [0.5, 0.6) is 0 Å². The van der Waals surface area contributed by atoms with Gasteiger partial charge in [-0.25, -0.2) is 0 Å². The molecule has 0 aromatic heterocycles. The van der Waals surface area contributed by atoms with Crippen LogP contribution in [0.4, 0.5) is 0 Å². The van der Waals surface area contributed by atoms with E-state index in [0.717, 1.165) is 57.8 Å². The second-order valence-electron chi connectivity index (χ2n) is 12.8. The van der Waals surface area contributed by atoms with Crippen LogP contribution in [0.3, 0.4) is 0 Å². The molecule has 9 heteroatoms. The first-order valence-corrected chi connectivity index (χ1v) is 13.7. The van der Waals surface area contributed by atoms with E-state index in [-0.39, 0.29) is 46.8 Å². The van der Waals surface area contributed by atoms with Gasteiger partial charge < -0.3 is 35.3 Å². The average molecular weight is 532 g/mol. The van der Waals surface area contributed by atoms with Crippen molar-refractivity contribution >= 4 is 18.4 Å². The number of fused-ring (bicyclic) bond motifs is 5. The van der Waals surface area contributed by atoms with Gasteiger partial charge in [0.25, 0.3) is 0 Å². The molecule has 36 heavy (non-hydrogen) atoms. The lowest BCUT2D eigenvalue weighted by molar-refractivity contribution is -0.309. The number of hydrogen-bond acceptors (Lipinski definition) is 8. The van der Waals surface area contributed by atoms with Crippen molar-refractivity contribution < 1.29 is 34.3 Å². The van der Waals surface area contributed by atoms with Gasteiger partial charge in [-0.2, -0.15) is 0 Å². The second kappa shape index (κ2) is 9.92. The van der Waals surface area contributed by atoms with Crippen LogP contribution < -0.4 is 5.73 Å². The maximum Gasteiger partial charge on any atom is 0.309 e. The Bertz CT molecular complexity index is 832. The lowest BCUT2D eigenvalue weighted by atomic mass is 9.42. The Morgan fingerprint density at radius 3 is 2.36 bits per heavy atom. The Hall–Kier alpha value is -0.480. The Morgan fingerprint density at radius 1 is 0.944 bits per heavy atom. The first-order chi connectivity index (χ1) is 16.5. The van der Waals surface area contributed by atoms with E-state index in [1.807, 2.05) is 0 Å². The van der Waals surface area contributed by atoms with Gasteiger partial charge in [0.05, 0.1) is 25.2 Å². The molecule has 208 valence electrons. The summed E-state index contributed by atoms with van der Waals surface area (Å²) in [6.07, 6.45) is 3.50. The number of aliphatic hydroxyl groups excluding tert-OH is 3. The molecule has 5 aliphatic rings. The van der Waals surface area contributed by atoms with Crippen molar-refractivity contribution in [3.8, 4) is 0 Å². The van der Waals surface area contributed by atoms with Gasteiger partial charge in [0.2, 0.25) is 0 Å². The summed E-state index contributed by atoms with van der Waals surface area (Å²) in [5.41, 5.74) is 6.94. The highest BCUT2D eigenvalue weighted by Gasteiger charge is 2.67. The van der Waals surface area contributed by atoms with E-state index in [4.69, 9.17) is 19.9 Å². The lowest BCUT2D eigenvalue weighted by Crippen LogP contribution is -2.67. The normalized spacial score (nSPS) is 54.4. The number of rotatable bonds is 3. The Morgan fingerprint density at radius 2 is 1.67 bits per heavy atom. The molecule has 4 saturated carbocycles. The van der Waals surface area contributed by atoms with Crippen LogP contribution in [-0.2, 0) is 19.0 Å². The number of hydrogen-bond donors (Lipinski definition) is 4. The van der Waals surface area contributed by atoms with Gasteiger partial charge in [0, 0.05) is 5.54 Å². The van der Waals surface area contributed by atoms with Crippen LogP contribution in [-0.4, -0.2) is 70.7 Å². The highest BCUT2D eigenvalue weighted by atomic mass is 35.5. The van der Waals surface area contributed by atoms with Gasteiger partial charge in [-0.1, -0.05) is 13.8 Å². The molecule has 0 radical (unpaired) electrons. The molecule has 13 atom stereocenters. The molecule has 1 aliphatic heterocycles. The van der Waals surface area contributed by atoms with Crippen molar-refractivity contribution in [3.05, 3.63) is 0 Å². The SMILES string of the molecule is COC(=O)[C@H]1CC[C@]2(N)[C@@H]3CCC4C[C@@H](O[C@@H]5O[C@@H](C)[C@H](O)[C@@H](O)[C@H]5O)CC[C@]4(C)[C@H]3CC[C@]12C.Cl. The van der Waals surface area contributed by atoms with Crippen molar-refractivity contribution in [2.24, 2.45) is 40.2 Å². The molecule has 1 heterocycles. The molecule has 5 N–H and O–H groups in total. The summed E-state index contributed by atoms with van der Waals surface area (Å²) >= 11 is 0. The van der Waals surface area contributed by atoms with Crippen LogP contribution in [0, 0.1) is 34.5 Å². The van der Waals surface area contributed by atoms with E-state index >= 15 is 0 Å². The summed E-state index contributed by atoms with van der Waals surface area (Å²) in [6.45, 7) is 6.36. The van der Waals surface area contributed by atoms with E-state index in [1.54, 1.807) is 6.92 Å². The molecule has 0 amide bonds. The number of halogens is 1. The van der Waals surface area contributed by atoms with Crippen LogP contribution >= 0.6 is 12.4 Å². The van der Waals surface area contributed by atoms with Gasteiger partial charge in [-0.15, -0.1) is 12.4 Å². The van der Waals surface area contributed by atoms with E-state index < -0.39 is 30.7 Å². The summed E-state index contributed by atoms with van der Waals surface area (Å²) < 4.78 is 17.1. The van der Waals surface area contributed by atoms with Crippen molar-refractivity contribution in [3.63, 3.8) is 0 Å². The summed E-state index contributed by atoms with van der Waals surface area (Å²) in [7, 11) is 1.49. The molecular weight excluding hydrogens is 486 g/mol. The highest BCUT2D eigenvalue weighted by molar-refractivity contribution is 5.85. The van der Waals surface area contributed by atoms with Gasteiger partial charge in [-0.05, 0) is 93.3 Å². The molecule has 4 aliphatic carbocycles. The van der Waals surface area contributed by atoms with Gasteiger partial charge in [0.15, 0.2) is 6.29 Å². The Labute approximate surface area is 221 Å². The quantitative estimate of drug-likeness (QED) is 0.323. The summed E-state index contributed by atoms with van der Waals surface area (Å²) in [6, 6.07) is 0. The Kier molecular flexibility index (Phi) is 7.86. The molecule has 0 bridgehead atoms. The monoisotopic (exact) mass is 531 g/mol. The number of carbonyl (C=O) groups is 1. The van der Waals surface area contributed by atoms with Gasteiger partial charge >= 0.3 is 5.97 Å². The fourth-order valence-electron chi connectivity index (χ4n) is 9.25. The van der Waals surface area contributed by atoms with Crippen LogP contribution in [0.1, 0.15) is 78.6 Å². The van der Waals surface area contributed by atoms with E-state index in [2.05, 4.69) is 13.8 Å². The van der Waals surface area contributed by atoms with Crippen LogP contribution in [0.15, 0.2) is 0 Å². The number of carbonyl (C=O) groups excluding carboxylic acids is 1. The highest BCUT2D eigenvalue weighted by Crippen LogP contribution is 2.68. The largest absolute Gasteiger partial charge is 0.469 e. The summed E-state index contributed by atoms with van der Waals surface area (Å²) in [4.78, 5) is 12.6. The topological polar surface area (TPSA) is 131 Å². The zero-order chi connectivity index (χ0) is 25.3. The van der Waals surface area contributed by atoms with Crippen LogP contribution in [0.2, 0.25) is 0 Å². The molecule has 5 rings (SSSR count). The maximum absolute atomic E-state index is 12.6. The molecule has 0 aromatic carbocycles. The van der Waals surface area contributed by atoms with Gasteiger partial charge in [-0.3, -0.25) is 4.79 Å². The van der Waals surface area contributed by atoms with E-state index in [9.17, 15) is 20.1 Å². The van der Waals surface area contributed by atoms with Crippen molar-refractivity contribution in [1.82, 2.24) is 0 Å². The minimum absolute atomic E-state index is 0. The number of aliphatic hydroxyl groups is 3. The van der Waals surface area contributed by atoms with E-state index in [1.165, 1.54) is 7.11 Å². The minimum atomic E-state index is -1.27. The second-order valence-corrected chi connectivity index (χ2v) is 12.8. The summed E-state index contributed by atoms with van der Waals surface area (Å²) in [5.74, 6) is 1.24. The first kappa shape index (κ1) is 28.5. The standard InChI is InChI=1S/C27H45NO7.ClH/c1-14-20(29)21(30)22(31)24(34-14)35-16-7-10-25(2)15(13-16)5-6-18-17(25)8-11-26(3)19(23(32)33-4)9-12-27(18,26)28;/h14-22,24,29-31H,5-13,28H2,1-4H3;1H/t14-,15?,16-,17-,18+,19+,20-,21+,22+,24-,25-,26+,27-;/m0./s1. The third-order valence-electron chi connectivity index (χ3n) is 11.6. The zero-order valence-electron chi connectivity index (χ0n) is 22.1. The van der Waals surface area contributed by atoms with Crippen molar-refractivity contribution in [2.45, 2.75) is 121 Å². The predicted molar refractivity (Wildman–Crippen MR) is 135 cm³/mol. The third-order valence-corrected chi connectivity index (χ3v) is 11.6. The average Bonchev–Trinajstić information content (AvgIpc) is 3.12. The number of methoxy groups -OCH3 is 1. The van der Waals surface area contributed by atoms with Crippen molar-refractivity contribution in [1.29, 1.82) is 0 Å². The first-order valence-electron chi connectivity index (χ1n) is 13.7. The molecule has 8 nitrogen and oxygen atoms in total. The molecule has 5 fully saturated rings.